The number of rotatable bonds is 3. The number of hydrogen-bond acceptors (Lipinski definition) is 5. The van der Waals surface area contributed by atoms with Crippen molar-refractivity contribution in [3.8, 4) is 0 Å². The summed E-state index contributed by atoms with van der Waals surface area (Å²) in [5.41, 5.74) is 3.63. The molecule has 0 aromatic carbocycles. The first-order valence-electron chi connectivity index (χ1n) is 4.16. The normalized spacial score (nSPS) is 13.0. The molecule has 2 heterocycles. The molecule has 5 nitrogen and oxygen atoms in total. The Labute approximate surface area is 85.7 Å². The molecule has 0 aliphatic rings. The molecule has 2 rings (SSSR count). The molecule has 0 fully saturated rings. The number of aryl methyl sites for hydroxylation is 1. The van der Waals surface area contributed by atoms with Crippen molar-refractivity contribution in [2.75, 3.05) is 0 Å². The molecule has 14 heavy (non-hydrogen) atoms. The lowest BCUT2D eigenvalue weighted by atomic mass is 10.2. The molecule has 6 heteroatoms. The van der Waals surface area contributed by atoms with Crippen LogP contribution < -0.4 is 11.3 Å². The third-order valence-electron chi connectivity index (χ3n) is 1.93. The molecule has 2 aromatic rings. The van der Waals surface area contributed by atoms with Gasteiger partial charge in [-0.15, -0.1) is 0 Å². The van der Waals surface area contributed by atoms with E-state index in [2.05, 4.69) is 14.8 Å². The Kier molecular flexibility index (Phi) is 2.58. The van der Waals surface area contributed by atoms with Crippen molar-refractivity contribution in [2.45, 2.75) is 6.04 Å². The maximum absolute atomic E-state index is 5.48. The molecule has 0 spiro atoms. The topological polar surface area (TPSA) is 68.8 Å². The molecule has 0 saturated carbocycles. The summed E-state index contributed by atoms with van der Waals surface area (Å²) >= 11 is 1.42. The van der Waals surface area contributed by atoms with E-state index in [1.165, 1.54) is 11.5 Å². The molecule has 0 radical (unpaired) electrons. The van der Waals surface area contributed by atoms with E-state index < -0.39 is 0 Å². The number of hydrogen-bond donors (Lipinski definition) is 2. The monoisotopic (exact) mass is 209 g/mol. The maximum atomic E-state index is 5.48. The first-order valence-corrected chi connectivity index (χ1v) is 4.93. The van der Waals surface area contributed by atoms with E-state index in [0.717, 1.165) is 10.6 Å². The van der Waals surface area contributed by atoms with Crippen LogP contribution in [0.3, 0.4) is 0 Å². The van der Waals surface area contributed by atoms with E-state index >= 15 is 0 Å². The zero-order chi connectivity index (χ0) is 9.97. The van der Waals surface area contributed by atoms with Crippen LogP contribution in [-0.4, -0.2) is 13.9 Å². The summed E-state index contributed by atoms with van der Waals surface area (Å²) in [6.07, 6.45) is 5.44. The zero-order valence-corrected chi connectivity index (χ0v) is 8.53. The number of nitrogens with zero attached hydrogens (tertiary/aromatic N) is 3. The van der Waals surface area contributed by atoms with Crippen molar-refractivity contribution in [3.05, 3.63) is 35.4 Å². The summed E-state index contributed by atoms with van der Waals surface area (Å²) in [5, 5.41) is 0. The summed E-state index contributed by atoms with van der Waals surface area (Å²) in [7, 11) is 1.93. The van der Waals surface area contributed by atoms with Crippen LogP contribution in [0.25, 0.3) is 0 Å². The summed E-state index contributed by atoms with van der Waals surface area (Å²) in [6, 6.07) is 1.87. The Morgan fingerprint density at radius 2 is 2.50 bits per heavy atom. The van der Waals surface area contributed by atoms with E-state index in [9.17, 15) is 0 Å². The summed E-state index contributed by atoms with van der Waals surface area (Å²) < 4.78 is 5.92. The fraction of sp³-hybridized carbons (Fsp3) is 0.250. The average Bonchev–Trinajstić information content (AvgIpc) is 2.79. The van der Waals surface area contributed by atoms with Crippen LogP contribution in [0.2, 0.25) is 0 Å². The highest BCUT2D eigenvalue weighted by atomic mass is 32.1. The van der Waals surface area contributed by atoms with Crippen molar-refractivity contribution < 1.29 is 0 Å². The van der Waals surface area contributed by atoms with Crippen molar-refractivity contribution in [1.82, 2.24) is 19.4 Å². The van der Waals surface area contributed by atoms with Crippen molar-refractivity contribution in [3.63, 3.8) is 0 Å². The number of aromatic nitrogens is 3. The standard InChI is InChI=1S/C8H11N5S/c1-13-4-6(10-5-13)8(12-9)7-2-3-11-14-7/h2-5,8,12H,9H2,1H3. The highest BCUT2D eigenvalue weighted by Crippen LogP contribution is 2.21. The SMILES string of the molecule is Cn1cnc(C(NN)c2ccns2)c1. The Hall–Kier alpha value is -1.24. The van der Waals surface area contributed by atoms with Crippen molar-refractivity contribution >= 4 is 11.5 Å². The van der Waals surface area contributed by atoms with Crippen LogP contribution in [0.4, 0.5) is 0 Å². The van der Waals surface area contributed by atoms with Gasteiger partial charge in [-0.2, -0.15) is 0 Å². The van der Waals surface area contributed by atoms with Gasteiger partial charge in [-0.1, -0.05) is 0 Å². The highest BCUT2D eigenvalue weighted by molar-refractivity contribution is 7.05. The van der Waals surface area contributed by atoms with E-state index in [0.29, 0.717) is 0 Å². The van der Waals surface area contributed by atoms with Gasteiger partial charge in [0, 0.05) is 24.3 Å². The minimum Gasteiger partial charge on any atom is -0.340 e. The van der Waals surface area contributed by atoms with Gasteiger partial charge in [0.05, 0.1) is 12.0 Å². The Balaban J connectivity index is 2.31. The molecular formula is C8H11N5S. The van der Waals surface area contributed by atoms with Gasteiger partial charge in [0.25, 0.3) is 0 Å². The second-order valence-corrected chi connectivity index (χ2v) is 3.84. The largest absolute Gasteiger partial charge is 0.340 e. The Morgan fingerprint density at radius 3 is 3.00 bits per heavy atom. The molecule has 1 atom stereocenters. The van der Waals surface area contributed by atoms with Crippen LogP contribution in [0.15, 0.2) is 24.8 Å². The fourth-order valence-corrected chi connectivity index (χ4v) is 1.93. The number of nitrogens with two attached hydrogens (primary N) is 1. The number of hydrazine groups is 1. The van der Waals surface area contributed by atoms with Gasteiger partial charge >= 0.3 is 0 Å². The van der Waals surface area contributed by atoms with Gasteiger partial charge in [-0.25, -0.2) is 14.8 Å². The lowest BCUT2D eigenvalue weighted by Gasteiger charge is -2.09. The Bertz CT molecular complexity index is 394. The number of nitrogens with one attached hydrogen (secondary N) is 1. The van der Waals surface area contributed by atoms with Gasteiger partial charge < -0.3 is 4.57 Å². The van der Waals surface area contributed by atoms with E-state index in [1.807, 2.05) is 23.9 Å². The van der Waals surface area contributed by atoms with Crippen LogP contribution in [-0.2, 0) is 7.05 Å². The van der Waals surface area contributed by atoms with E-state index in [-0.39, 0.29) is 6.04 Å². The Morgan fingerprint density at radius 1 is 1.64 bits per heavy atom. The second-order valence-electron chi connectivity index (χ2n) is 2.98. The van der Waals surface area contributed by atoms with Crippen LogP contribution >= 0.6 is 11.5 Å². The predicted octanol–water partition coefficient (Wildman–Crippen LogP) is 0.429. The first kappa shape index (κ1) is 9.32. The van der Waals surface area contributed by atoms with Gasteiger partial charge in [-0.05, 0) is 17.6 Å². The second kappa shape index (κ2) is 3.87. The molecule has 0 saturated heterocycles. The maximum Gasteiger partial charge on any atom is 0.100 e. The highest BCUT2D eigenvalue weighted by Gasteiger charge is 2.15. The van der Waals surface area contributed by atoms with Crippen LogP contribution in [0, 0.1) is 0 Å². The van der Waals surface area contributed by atoms with Gasteiger partial charge in [-0.3, -0.25) is 5.84 Å². The molecule has 0 aliphatic carbocycles. The minimum absolute atomic E-state index is 0.0660. The van der Waals surface area contributed by atoms with Crippen molar-refractivity contribution in [2.24, 2.45) is 12.9 Å². The quantitative estimate of drug-likeness (QED) is 0.568. The van der Waals surface area contributed by atoms with Crippen molar-refractivity contribution in [1.29, 1.82) is 0 Å². The predicted molar refractivity (Wildman–Crippen MR) is 54.5 cm³/mol. The van der Waals surface area contributed by atoms with Crippen LogP contribution in [0.1, 0.15) is 16.6 Å². The smallest absolute Gasteiger partial charge is 0.100 e. The fourth-order valence-electron chi connectivity index (χ4n) is 1.27. The molecule has 3 N–H and O–H groups in total. The number of imidazole rings is 1. The first-order chi connectivity index (χ1) is 6.81. The van der Waals surface area contributed by atoms with Gasteiger partial charge in [0.1, 0.15) is 6.04 Å². The molecule has 0 aliphatic heterocycles. The molecule has 0 amide bonds. The third-order valence-corrected chi connectivity index (χ3v) is 2.74. The lowest BCUT2D eigenvalue weighted by molar-refractivity contribution is 0.632. The van der Waals surface area contributed by atoms with Gasteiger partial charge in [0.15, 0.2) is 0 Å². The minimum atomic E-state index is -0.0660. The molecular weight excluding hydrogens is 198 g/mol. The van der Waals surface area contributed by atoms with Crippen LogP contribution in [0.5, 0.6) is 0 Å². The molecule has 2 aromatic heterocycles. The van der Waals surface area contributed by atoms with Gasteiger partial charge in [0.2, 0.25) is 0 Å². The van der Waals surface area contributed by atoms with E-state index in [4.69, 9.17) is 5.84 Å². The zero-order valence-electron chi connectivity index (χ0n) is 7.71. The third kappa shape index (κ3) is 1.67. The van der Waals surface area contributed by atoms with E-state index in [1.54, 1.807) is 12.5 Å². The molecule has 1 unspecified atom stereocenters. The summed E-state index contributed by atoms with van der Waals surface area (Å²) in [6.45, 7) is 0. The summed E-state index contributed by atoms with van der Waals surface area (Å²) in [4.78, 5) is 5.30. The lowest BCUT2D eigenvalue weighted by Crippen LogP contribution is -2.28. The summed E-state index contributed by atoms with van der Waals surface area (Å²) in [5.74, 6) is 5.48. The average molecular weight is 209 g/mol. The molecule has 0 bridgehead atoms. The molecule has 74 valence electrons.